The molecule has 0 bridgehead atoms. The largest absolute Gasteiger partial charge is 0.316 e. The van der Waals surface area contributed by atoms with Gasteiger partial charge in [-0.1, -0.05) is 77.0 Å². The van der Waals surface area contributed by atoms with E-state index in [1.165, 1.54) is 322 Å². The fourth-order valence-corrected chi connectivity index (χ4v) is 25.9. The minimum absolute atomic E-state index is 0.712. The maximum atomic E-state index is 4.44. The third kappa shape index (κ3) is 12.1. The van der Waals surface area contributed by atoms with Crippen LogP contribution in [0.15, 0.2) is 0 Å². The quantitative estimate of drug-likeness (QED) is 0.154. The smallest absolute Gasteiger partial charge is 0.0223 e. The second-order valence-corrected chi connectivity index (χ2v) is 33.3. The summed E-state index contributed by atoms with van der Waals surface area (Å²) in [6, 6.07) is 12.1. The van der Waals surface area contributed by atoms with E-state index in [1.807, 2.05) is 0 Å². The lowest BCUT2D eigenvalue weighted by Crippen LogP contribution is -2.60. The summed E-state index contributed by atoms with van der Waals surface area (Å²) in [5, 5.41) is 16.4. The third-order valence-electron chi connectivity index (χ3n) is 29.7. The average Bonchev–Trinajstić information content (AvgIpc) is 4.12. The normalized spacial score (nSPS) is 46.8. The van der Waals surface area contributed by atoms with Gasteiger partial charge < -0.3 is 21.3 Å². The van der Waals surface area contributed by atoms with Crippen molar-refractivity contribution in [3.05, 3.63) is 0 Å². The molecule has 15 aliphatic rings. The number of rotatable bonds is 12. The lowest BCUT2D eigenvalue weighted by atomic mass is 9.67. The number of nitrogens with one attached hydrogen (secondary N) is 4. The molecule has 12 atom stereocenters. The van der Waals surface area contributed by atoms with E-state index >= 15 is 0 Å². The Hall–Kier alpha value is -0.320. The summed E-state index contributed by atoms with van der Waals surface area (Å²) in [6.45, 7) is 7.61. The van der Waals surface area contributed by atoms with Crippen molar-refractivity contribution < 1.29 is 0 Å². The molecule has 15 rings (SSSR count). The van der Waals surface area contributed by atoms with Crippen molar-refractivity contribution in [3.63, 3.8) is 0 Å². The number of piperazine rings is 1. The molecule has 5 saturated heterocycles. The number of piperidine rings is 2. The highest BCUT2D eigenvalue weighted by Crippen LogP contribution is 2.54. The zero-order chi connectivity index (χ0) is 54.3. The molecule has 0 aromatic rings. The molecule has 82 heavy (non-hydrogen) atoms. The first-order valence-corrected chi connectivity index (χ1v) is 38.6. The molecule has 15 fully saturated rings. The van der Waals surface area contributed by atoms with Gasteiger partial charge in [0.05, 0.1) is 0 Å². The second kappa shape index (κ2) is 27.0. The minimum Gasteiger partial charge on any atom is -0.316 e. The fraction of sp³-hybridized carbons (Fsp3) is 1.00. The van der Waals surface area contributed by atoms with Crippen molar-refractivity contribution in [3.8, 4) is 0 Å². The summed E-state index contributed by atoms with van der Waals surface area (Å²) in [7, 11) is 0. The highest BCUT2D eigenvalue weighted by atomic mass is 15.3. The molecule has 8 nitrogen and oxygen atoms in total. The van der Waals surface area contributed by atoms with Crippen molar-refractivity contribution >= 4 is 0 Å². The van der Waals surface area contributed by atoms with Gasteiger partial charge in [-0.25, -0.2) is 0 Å². The van der Waals surface area contributed by atoms with Crippen LogP contribution >= 0.6 is 0 Å². The van der Waals surface area contributed by atoms with Crippen molar-refractivity contribution in [2.45, 2.75) is 367 Å². The van der Waals surface area contributed by atoms with Gasteiger partial charge in [-0.05, 0) is 291 Å². The number of hydrogen-bond acceptors (Lipinski definition) is 8. The first kappa shape index (κ1) is 58.1. The summed E-state index contributed by atoms with van der Waals surface area (Å²) >= 11 is 0. The van der Waals surface area contributed by atoms with Gasteiger partial charge in [0.1, 0.15) is 0 Å². The SMILES string of the molecule is C1CCC(N(C2CCCCC2)C2CCC3C(C2)C2CNCCC2N3C2CCC(C3CCC(C4CNCC(C5CCC(C6CCC(N7C8CCNCC8C8CC(N(C9CCCCC9)C9CCCCC9)CCC87)CC6)CC5)N4)CC3)CC2)CC1. The van der Waals surface area contributed by atoms with Crippen LogP contribution in [-0.2, 0) is 0 Å². The van der Waals surface area contributed by atoms with Crippen molar-refractivity contribution in [2.75, 3.05) is 39.3 Å². The molecule has 10 saturated carbocycles. The highest BCUT2D eigenvalue weighted by Gasteiger charge is 2.57. The number of hydrogen-bond donors (Lipinski definition) is 4. The van der Waals surface area contributed by atoms with E-state index < -0.39 is 0 Å². The molecule has 5 heterocycles. The Morgan fingerprint density at radius 2 is 0.561 bits per heavy atom. The molecule has 0 aromatic carbocycles. The van der Waals surface area contributed by atoms with Crippen molar-refractivity contribution in [1.82, 2.24) is 40.9 Å². The van der Waals surface area contributed by atoms with Crippen LogP contribution in [0, 0.1) is 59.2 Å². The Labute approximate surface area is 504 Å². The van der Waals surface area contributed by atoms with Crippen LogP contribution in [0.2, 0.25) is 0 Å². The highest BCUT2D eigenvalue weighted by molar-refractivity contribution is 5.11. The van der Waals surface area contributed by atoms with Gasteiger partial charge in [0.25, 0.3) is 0 Å². The third-order valence-corrected chi connectivity index (χ3v) is 29.7. The maximum absolute atomic E-state index is 4.44. The molecule has 0 spiro atoms. The number of likely N-dealkylation sites (tertiary alicyclic amines) is 2. The first-order chi connectivity index (χ1) is 40.7. The molecule has 0 radical (unpaired) electrons. The molecule has 8 heteroatoms. The van der Waals surface area contributed by atoms with Crippen LogP contribution in [0.1, 0.15) is 283 Å². The van der Waals surface area contributed by atoms with E-state index in [9.17, 15) is 0 Å². The fourth-order valence-electron chi connectivity index (χ4n) is 25.9. The minimum atomic E-state index is 0.712. The molecule has 0 amide bonds. The number of nitrogens with zero attached hydrogens (tertiary/aromatic N) is 4. The average molecular weight is 1130 g/mol. The summed E-state index contributed by atoms with van der Waals surface area (Å²) in [4.78, 5) is 13.1. The molecular formula is C74H128N8. The molecule has 12 unspecified atom stereocenters. The molecule has 5 aliphatic heterocycles. The lowest BCUT2D eigenvalue weighted by molar-refractivity contribution is -0.00842. The molecule has 0 aromatic heterocycles. The van der Waals surface area contributed by atoms with Crippen LogP contribution < -0.4 is 21.3 Å². The van der Waals surface area contributed by atoms with Gasteiger partial charge in [-0.2, -0.15) is 0 Å². The Kier molecular flexibility index (Phi) is 19.1. The Balaban J connectivity index is 0.499. The molecule has 10 aliphatic carbocycles. The molecule has 464 valence electrons. The van der Waals surface area contributed by atoms with Crippen LogP contribution in [0.25, 0.3) is 0 Å². The van der Waals surface area contributed by atoms with Crippen LogP contribution in [0.5, 0.6) is 0 Å². The van der Waals surface area contributed by atoms with Gasteiger partial charge in [-0.3, -0.25) is 19.6 Å². The topological polar surface area (TPSA) is 61.1 Å². The zero-order valence-corrected chi connectivity index (χ0v) is 53.0. The van der Waals surface area contributed by atoms with Crippen molar-refractivity contribution in [1.29, 1.82) is 0 Å². The van der Waals surface area contributed by atoms with Gasteiger partial charge in [-0.15, -0.1) is 0 Å². The second-order valence-electron chi connectivity index (χ2n) is 33.3. The molecular weight excluding hydrogens is 1000 g/mol. The van der Waals surface area contributed by atoms with Gasteiger partial charge in [0.2, 0.25) is 0 Å². The molecule has 4 N–H and O–H groups in total. The zero-order valence-electron chi connectivity index (χ0n) is 53.0. The maximum Gasteiger partial charge on any atom is 0.0223 e. The van der Waals surface area contributed by atoms with Gasteiger partial charge in [0.15, 0.2) is 0 Å². The van der Waals surface area contributed by atoms with E-state index in [-0.39, 0.29) is 0 Å². The standard InChI is InChI=1S/C74H128N8/c1-5-13-57(14-6-1)79(58-15-7-2-8-16-58)63-37-39-71-65(45-63)67-47-75-43-41-73(67)81(71)61-33-29-53(30-34-61)51-21-25-55(26-22-51)69-49-77-50-70(78-69)56-27-23-52(24-28-56)54-31-35-62(36-32-54)82-72-40-38-64(46-66(72)68-48-76-44-42-74(68)82)80(59-17-9-3-10-18-59)60-19-11-4-12-20-60/h51-78H,1-50H2. The Bertz CT molecular complexity index is 1770. The Morgan fingerprint density at radius 1 is 0.244 bits per heavy atom. The Morgan fingerprint density at radius 3 is 0.915 bits per heavy atom. The summed E-state index contributed by atoms with van der Waals surface area (Å²) in [6.07, 6.45) is 66.2. The summed E-state index contributed by atoms with van der Waals surface area (Å²) < 4.78 is 0. The predicted molar refractivity (Wildman–Crippen MR) is 340 cm³/mol. The van der Waals surface area contributed by atoms with E-state index in [1.54, 1.807) is 0 Å². The van der Waals surface area contributed by atoms with Crippen molar-refractivity contribution in [2.24, 2.45) is 59.2 Å². The van der Waals surface area contributed by atoms with Crippen LogP contribution in [0.3, 0.4) is 0 Å². The van der Waals surface area contributed by atoms with Crippen LogP contribution in [0.4, 0.5) is 0 Å². The summed E-state index contributed by atoms with van der Waals surface area (Å²) in [5.41, 5.74) is 0. The van der Waals surface area contributed by atoms with E-state index in [2.05, 4.69) is 40.9 Å². The van der Waals surface area contributed by atoms with E-state index in [0.717, 1.165) is 132 Å². The lowest BCUT2D eigenvalue weighted by Gasteiger charge is -2.50. The van der Waals surface area contributed by atoms with E-state index in [0.29, 0.717) is 12.1 Å². The monoisotopic (exact) mass is 1130 g/mol. The number of fused-ring (bicyclic) bond motifs is 6. The van der Waals surface area contributed by atoms with Gasteiger partial charge >= 0.3 is 0 Å². The first-order valence-electron chi connectivity index (χ1n) is 38.6. The van der Waals surface area contributed by atoms with Crippen LogP contribution in [-0.4, -0.2) is 143 Å². The summed E-state index contributed by atoms with van der Waals surface area (Å²) in [5.74, 6) is 9.55. The van der Waals surface area contributed by atoms with E-state index in [4.69, 9.17) is 0 Å². The predicted octanol–water partition coefficient (Wildman–Crippen LogP) is 14.2. The van der Waals surface area contributed by atoms with Gasteiger partial charge in [0, 0.05) is 97.7 Å².